The number of halogens is 2. The maximum absolute atomic E-state index is 9.28. The Bertz CT molecular complexity index is 1150. The van der Waals surface area contributed by atoms with E-state index in [9.17, 15) is 5.26 Å². The maximum Gasteiger partial charge on any atom is 0.212 e. The third-order valence-electron chi connectivity index (χ3n) is 5.01. The number of aliphatic imine (C=N–C) groups is 1. The summed E-state index contributed by atoms with van der Waals surface area (Å²) in [6, 6.07) is 5.33. The normalized spacial score (nSPS) is 11.8. The van der Waals surface area contributed by atoms with Crippen molar-refractivity contribution in [1.82, 2.24) is 24.8 Å². The number of rotatable bonds is 5. The molecule has 3 aromatic rings. The summed E-state index contributed by atoms with van der Waals surface area (Å²) in [7, 11) is 2.01. The number of aryl methyl sites for hydroxylation is 2. The van der Waals surface area contributed by atoms with E-state index in [1.165, 1.54) is 16.5 Å². The summed E-state index contributed by atoms with van der Waals surface area (Å²) in [5.74, 6) is 0.742. The second-order valence-corrected chi connectivity index (χ2v) is 8.41. The second-order valence-electron chi connectivity index (χ2n) is 7.64. The van der Waals surface area contributed by atoms with Crippen LogP contribution in [0.5, 0.6) is 0 Å². The van der Waals surface area contributed by atoms with Gasteiger partial charge in [0.15, 0.2) is 6.19 Å². The Kier molecular flexibility index (Phi) is 7.04. The first-order valence-corrected chi connectivity index (χ1v) is 10.8. The van der Waals surface area contributed by atoms with Crippen LogP contribution >= 0.6 is 23.2 Å². The molecule has 0 radical (unpaired) electrons. The fraction of sp³-hybridized carbons (Fsp3) is 0.364. The average Bonchev–Trinajstić information content (AvgIpc) is 2.98. The molecule has 0 saturated carbocycles. The molecule has 3 aromatic heterocycles. The van der Waals surface area contributed by atoms with Crippen molar-refractivity contribution in [2.24, 2.45) is 12.0 Å². The number of pyridine rings is 2. The summed E-state index contributed by atoms with van der Waals surface area (Å²) in [5, 5.41) is 13.6. The number of hydrogen-bond donors (Lipinski definition) is 1. The van der Waals surface area contributed by atoms with Crippen molar-refractivity contribution >= 4 is 45.9 Å². The zero-order chi connectivity index (χ0) is 22.7. The molecule has 0 aliphatic carbocycles. The Morgan fingerprint density at radius 2 is 1.94 bits per heavy atom. The van der Waals surface area contributed by atoms with Gasteiger partial charge in [-0.25, -0.2) is 15.0 Å². The van der Waals surface area contributed by atoms with Crippen LogP contribution in [-0.2, 0) is 13.6 Å². The lowest BCUT2D eigenvalue weighted by Crippen LogP contribution is -2.38. The molecule has 0 aliphatic rings. The maximum atomic E-state index is 9.28. The molecule has 0 saturated heterocycles. The molecule has 3 rings (SSSR count). The van der Waals surface area contributed by atoms with Gasteiger partial charge in [0.1, 0.15) is 16.0 Å². The van der Waals surface area contributed by atoms with Crippen LogP contribution in [0.3, 0.4) is 0 Å². The smallest absolute Gasteiger partial charge is 0.212 e. The van der Waals surface area contributed by atoms with Crippen LogP contribution in [0.25, 0.3) is 11.0 Å². The van der Waals surface area contributed by atoms with Crippen LogP contribution in [0, 0.1) is 18.4 Å². The first-order chi connectivity index (χ1) is 14.7. The standard InChI is InChI=1S/C22H25Cl2N7/c1-6-31(22(26-12-25)28-15-8-18(23)29-19(24)9-15)11-16-7-17(13(2)3)20-14(4)10-30(5)21(20)27-16/h7-10,13H,6,11H2,1-5H3,(H,26,28,29). The van der Waals surface area contributed by atoms with Crippen LogP contribution in [0.15, 0.2) is 29.4 Å². The Hall–Kier alpha value is -2.82. The van der Waals surface area contributed by atoms with Crippen molar-refractivity contribution in [3.05, 3.63) is 51.5 Å². The zero-order valence-electron chi connectivity index (χ0n) is 18.2. The number of nitrogens with one attached hydrogen (secondary N) is 1. The SMILES string of the molecule is CCN(Cc1cc(C(C)C)c2c(C)cn(C)c2n1)C(=Nc1cc(Cl)nc(Cl)c1)NC#N. The molecule has 0 aliphatic heterocycles. The van der Waals surface area contributed by atoms with Gasteiger partial charge in [-0.1, -0.05) is 37.0 Å². The highest BCUT2D eigenvalue weighted by Crippen LogP contribution is 2.29. The van der Waals surface area contributed by atoms with Crippen molar-refractivity contribution in [3.8, 4) is 6.19 Å². The van der Waals surface area contributed by atoms with Crippen LogP contribution in [0.4, 0.5) is 5.69 Å². The number of guanidine groups is 1. The molecule has 0 spiro atoms. The van der Waals surface area contributed by atoms with Crippen molar-refractivity contribution in [3.63, 3.8) is 0 Å². The van der Waals surface area contributed by atoms with Crippen molar-refractivity contribution in [2.45, 2.75) is 40.2 Å². The Morgan fingerprint density at radius 1 is 1.26 bits per heavy atom. The van der Waals surface area contributed by atoms with E-state index in [1.54, 1.807) is 12.1 Å². The highest BCUT2D eigenvalue weighted by atomic mass is 35.5. The molecule has 3 heterocycles. The van der Waals surface area contributed by atoms with E-state index in [2.05, 4.69) is 52.9 Å². The fourth-order valence-corrected chi connectivity index (χ4v) is 4.06. The first kappa shape index (κ1) is 22.9. The summed E-state index contributed by atoms with van der Waals surface area (Å²) < 4.78 is 2.06. The van der Waals surface area contributed by atoms with Gasteiger partial charge in [0, 0.05) is 37.3 Å². The summed E-state index contributed by atoms with van der Waals surface area (Å²) in [4.78, 5) is 15.3. The fourth-order valence-electron chi connectivity index (χ4n) is 3.62. The molecule has 0 aromatic carbocycles. The van der Waals surface area contributed by atoms with Gasteiger partial charge in [-0.05, 0) is 37.0 Å². The third-order valence-corrected chi connectivity index (χ3v) is 5.39. The van der Waals surface area contributed by atoms with Gasteiger partial charge in [-0.15, -0.1) is 0 Å². The molecule has 31 heavy (non-hydrogen) atoms. The molecule has 1 N–H and O–H groups in total. The van der Waals surface area contributed by atoms with Gasteiger partial charge in [-0.2, -0.15) is 5.26 Å². The van der Waals surface area contributed by atoms with E-state index >= 15 is 0 Å². The molecule has 9 heteroatoms. The van der Waals surface area contributed by atoms with E-state index < -0.39 is 0 Å². The van der Waals surface area contributed by atoms with Gasteiger partial charge >= 0.3 is 0 Å². The predicted octanol–water partition coefficient (Wildman–Crippen LogP) is 5.29. The number of aromatic nitrogens is 3. The summed E-state index contributed by atoms with van der Waals surface area (Å²) >= 11 is 12.0. The number of nitrogens with zero attached hydrogens (tertiary/aromatic N) is 6. The van der Waals surface area contributed by atoms with Gasteiger partial charge in [-0.3, -0.25) is 5.32 Å². The number of hydrogen-bond acceptors (Lipinski definition) is 4. The van der Waals surface area contributed by atoms with Crippen LogP contribution in [0.2, 0.25) is 10.3 Å². The molecule has 0 fully saturated rings. The highest BCUT2D eigenvalue weighted by molar-refractivity contribution is 6.32. The molecule has 0 amide bonds. The molecular weight excluding hydrogens is 433 g/mol. The highest BCUT2D eigenvalue weighted by Gasteiger charge is 2.17. The molecule has 0 unspecified atom stereocenters. The monoisotopic (exact) mass is 457 g/mol. The van der Waals surface area contributed by atoms with E-state index in [4.69, 9.17) is 28.2 Å². The molecule has 0 bridgehead atoms. The summed E-state index contributed by atoms with van der Waals surface area (Å²) in [6.07, 6.45) is 4.06. The average molecular weight is 458 g/mol. The van der Waals surface area contributed by atoms with E-state index in [0.717, 1.165) is 11.3 Å². The van der Waals surface area contributed by atoms with Gasteiger partial charge < -0.3 is 9.47 Å². The van der Waals surface area contributed by atoms with Gasteiger partial charge in [0.05, 0.1) is 17.9 Å². The van der Waals surface area contributed by atoms with Crippen molar-refractivity contribution in [1.29, 1.82) is 5.26 Å². The largest absolute Gasteiger partial charge is 0.336 e. The van der Waals surface area contributed by atoms with E-state index in [-0.39, 0.29) is 10.3 Å². The van der Waals surface area contributed by atoms with Crippen molar-refractivity contribution in [2.75, 3.05) is 6.54 Å². The Morgan fingerprint density at radius 3 is 2.52 bits per heavy atom. The predicted molar refractivity (Wildman–Crippen MR) is 126 cm³/mol. The van der Waals surface area contributed by atoms with Gasteiger partial charge in [0.2, 0.25) is 5.96 Å². The lowest BCUT2D eigenvalue weighted by molar-refractivity contribution is 0.419. The molecule has 162 valence electrons. The topological polar surface area (TPSA) is 82.1 Å². The molecular formula is C22H25Cl2N7. The zero-order valence-corrected chi connectivity index (χ0v) is 19.8. The van der Waals surface area contributed by atoms with E-state index in [1.807, 2.05) is 25.1 Å². The third kappa shape index (κ3) is 5.09. The molecule has 0 atom stereocenters. The van der Waals surface area contributed by atoms with Crippen LogP contribution < -0.4 is 5.32 Å². The number of fused-ring (bicyclic) bond motifs is 1. The van der Waals surface area contributed by atoms with Crippen molar-refractivity contribution < 1.29 is 0 Å². The first-order valence-electron chi connectivity index (χ1n) is 10.0. The van der Waals surface area contributed by atoms with E-state index in [0.29, 0.717) is 30.7 Å². The number of nitriles is 1. The lowest BCUT2D eigenvalue weighted by atomic mass is 9.98. The Labute approximate surface area is 192 Å². The molecule has 7 nitrogen and oxygen atoms in total. The summed E-state index contributed by atoms with van der Waals surface area (Å²) in [6.45, 7) is 9.57. The van der Waals surface area contributed by atoms with Gasteiger partial charge in [0.25, 0.3) is 0 Å². The lowest BCUT2D eigenvalue weighted by Gasteiger charge is -2.24. The summed E-state index contributed by atoms with van der Waals surface area (Å²) in [5.41, 5.74) is 4.83. The minimum absolute atomic E-state index is 0.235. The minimum atomic E-state index is 0.235. The minimum Gasteiger partial charge on any atom is -0.336 e. The Balaban J connectivity index is 2.03. The van der Waals surface area contributed by atoms with Crippen LogP contribution in [0.1, 0.15) is 43.5 Å². The van der Waals surface area contributed by atoms with Crippen LogP contribution in [-0.4, -0.2) is 31.9 Å². The quantitative estimate of drug-likeness (QED) is 0.185. The second kappa shape index (κ2) is 9.54.